The van der Waals surface area contributed by atoms with Gasteiger partial charge in [-0.2, -0.15) is 13.2 Å². The lowest BCUT2D eigenvalue weighted by atomic mass is 9.98. The lowest BCUT2D eigenvalue weighted by Crippen LogP contribution is -2.31. The maximum Gasteiger partial charge on any atom is 0.416 e. The molecule has 1 aliphatic rings. The summed E-state index contributed by atoms with van der Waals surface area (Å²) in [7, 11) is 0. The Morgan fingerprint density at radius 3 is 2.67 bits per heavy atom. The molecule has 1 fully saturated rings. The smallest absolute Gasteiger partial charge is 0.352 e. The monoisotopic (exact) mass is 363 g/mol. The third-order valence-corrected chi connectivity index (χ3v) is 4.82. The SMILES string of the molecule is O=C(NCC1CCCC1CBr)c1cccc(C(F)(F)F)c1. The van der Waals surface area contributed by atoms with Gasteiger partial charge in [0.25, 0.3) is 5.91 Å². The molecular formula is C15H17BrF3NO. The van der Waals surface area contributed by atoms with Gasteiger partial charge >= 0.3 is 6.18 Å². The van der Waals surface area contributed by atoms with Gasteiger partial charge in [-0.05, 0) is 42.9 Å². The molecule has 1 N–H and O–H groups in total. The molecule has 0 aromatic heterocycles. The summed E-state index contributed by atoms with van der Waals surface area (Å²) in [6.07, 6.45) is -1.10. The van der Waals surface area contributed by atoms with E-state index in [1.165, 1.54) is 12.1 Å². The standard InChI is InChI=1S/C15H17BrF3NO/c16-8-11-4-1-5-12(11)9-20-14(21)10-3-2-6-13(7-10)15(17,18)19/h2-3,6-7,11-12H,1,4-5,8-9H2,(H,20,21). The average Bonchev–Trinajstić information content (AvgIpc) is 2.91. The fraction of sp³-hybridized carbons (Fsp3) is 0.533. The zero-order valence-electron chi connectivity index (χ0n) is 11.4. The Balaban J connectivity index is 1.97. The molecule has 21 heavy (non-hydrogen) atoms. The number of alkyl halides is 4. The first-order valence-electron chi connectivity index (χ1n) is 6.93. The third kappa shape index (κ3) is 4.22. The van der Waals surface area contributed by atoms with Crippen LogP contribution in [-0.2, 0) is 6.18 Å². The topological polar surface area (TPSA) is 29.1 Å². The van der Waals surface area contributed by atoms with Crippen molar-refractivity contribution in [2.45, 2.75) is 25.4 Å². The van der Waals surface area contributed by atoms with E-state index in [2.05, 4.69) is 21.2 Å². The predicted molar refractivity (Wildman–Crippen MR) is 78.4 cm³/mol. The minimum absolute atomic E-state index is 0.0539. The minimum Gasteiger partial charge on any atom is -0.352 e. The highest BCUT2D eigenvalue weighted by Gasteiger charge is 2.31. The number of hydrogen-bond acceptors (Lipinski definition) is 1. The Labute approximate surface area is 130 Å². The Kier molecular flexibility index (Phi) is 5.30. The highest BCUT2D eigenvalue weighted by Crippen LogP contribution is 2.32. The first-order valence-corrected chi connectivity index (χ1v) is 8.05. The molecule has 0 radical (unpaired) electrons. The second-order valence-electron chi connectivity index (χ2n) is 5.39. The fourth-order valence-electron chi connectivity index (χ4n) is 2.75. The number of carbonyl (C=O) groups is 1. The maximum atomic E-state index is 12.6. The van der Waals surface area contributed by atoms with E-state index in [9.17, 15) is 18.0 Å². The van der Waals surface area contributed by atoms with Gasteiger partial charge in [0.2, 0.25) is 0 Å². The van der Waals surface area contributed by atoms with Gasteiger partial charge in [-0.1, -0.05) is 28.4 Å². The van der Waals surface area contributed by atoms with Gasteiger partial charge in [0.05, 0.1) is 5.56 Å². The second-order valence-corrected chi connectivity index (χ2v) is 6.04. The van der Waals surface area contributed by atoms with Crippen molar-refractivity contribution in [3.8, 4) is 0 Å². The van der Waals surface area contributed by atoms with Crippen LogP contribution in [0.15, 0.2) is 24.3 Å². The quantitative estimate of drug-likeness (QED) is 0.796. The highest BCUT2D eigenvalue weighted by molar-refractivity contribution is 9.09. The molecule has 116 valence electrons. The lowest BCUT2D eigenvalue weighted by Gasteiger charge is -2.18. The van der Waals surface area contributed by atoms with Crippen LogP contribution in [0.1, 0.15) is 35.2 Å². The van der Waals surface area contributed by atoms with Crippen molar-refractivity contribution < 1.29 is 18.0 Å². The normalized spacial score (nSPS) is 22.3. The van der Waals surface area contributed by atoms with E-state index in [1.54, 1.807) is 0 Å². The molecule has 0 spiro atoms. The molecule has 1 aromatic carbocycles. The summed E-state index contributed by atoms with van der Waals surface area (Å²) in [5, 5.41) is 3.66. The van der Waals surface area contributed by atoms with E-state index in [0.29, 0.717) is 18.4 Å². The second kappa shape index (κ2) is 6.81. The van der Waals surface area contributed by atoms with Crippen LogP contribution in [0, 0.1) is 11.8 Å². The summed E-state index contributed by atoms with van der Waals surface area (Å²) in [5.74, 6) is 0.493. The van der Waals surface area contributed by atoms with Gasteiger partial charge < -0.3 is 5.32 Å². The number of carbonyl (C=O) groups excluding carboxylic acids is 1. The van der Waals surface area contributed by atoms with E-state index in [0.717, 1.165) is 36.7 Å². The predicted octanol–water partition coefficient (Wildman–Crippen LogP) is 4.25. The Hall–Kier alpha value is -1.04. The minimum atomic E-state index is -4.43. The molecule has 1 amide bonds. The summed E-state index contributed by atoms with van der Waals surface area (Å²) in [5.41, 5.74) is -0.743. The maximum absolute atomic E-state index is 12.6. The molecule has 0 bridgehead atoms. The molecule has 2 nitrogen and oxygen atoms in total. The number of amides is 1. The van der Waals surface area contributed by atoms with Crippen LogP contribution >= 0.6 is 15.9 Å². The van der Waals surface area contributed by atoms with E-state index >= 15 is 0 Å². The van der Waals surface area contributed by atoms with Crippen molar-refractivity contribution in [2.24, 2.45) is 11.8 Å². The van der Waals surface area contributed by atoms with Crippen molar-refractivity contribution in [1.82, 2.24) is 5.32 Å². The van der Waals surface area contributed by atoms with Gasteiger partial charge in [-0.15, -0.1) is 0 Å². The molecular weight excluding hydrogens is 347 g/mol. The zero-order valence-corrected chi connectivity index (χ0v) is 13.0. The van der Waals surface area contributed by atoms with E-state index < -0.39 is 17.6 Å². The molecule has 0 aliphatic heterocycles. The van der Waals surface area contributed by atoms with Crippen LogP contribution in [0.4, 0.5) is 13.2 Å². The molecule has 0 saturated heterocycles. The Morgan fingerprint density at radius 1 is 1.29 bits per heavy atom. The van der Waals surface area contributed by atoms with Gasteiger partial charge in [-0.25, -0.2) is 0 Å². The highest BCUT2D eigenvalue weighted by atomic mass is 79.9. The molecule has 6 heteroatoms. The Bertz CT molecular complexity index is 504. The van der Waals surface area contributed by atoms with Gasteiger partial charge in [-0.3, -0.25) is 4.79 Å². The lowest BCUT2D eigenvalue weighted by molar-refractivity contribution is -0.137. The summed E-state index contributed by atoms with van der Waals surface area (Å²) in [6, 6.07) is 4.52. The molecule has 0 heterocycles. The zero-order chi connectivity index (χ0) is 15.5. The van der Waals surface area contributed by atoms with E-state index in [4.69, 9.17) is 0 Å². The number of nitrogens with one attached hydrogen (secondary N) is 1. The van der Waals surface area contributed by atoms with E-state index in [1.807, 2.05) is 0 Å². The van der Waals surface area contributed by atoms with Crippen molar-refractivity contribution in [2.75, 3.05) is 11.9 Å². The van der Waals surface area contributed by atoms with Crippen molar-refractivity contribution >= 4 is 21.8 Å². The van der Waals surface area contributed by atoms with Crippen molar-refractivity contribution in [3.05, 3.63) is 35.4 Å². The number of benzene rings is 1. The van der Waals surface area contributed by atoms with Gasteiger partial charge in [0.15, 0.2) is 0 Å². The van der Waals surface area contributed by atoms with Gasteiger partial charge in [0.1, 0.15) is 0 Å². The van der Waals surface area contributed by atoms with Crippen LogP contribution in [0.3, 0.4) is 0 Å². The van der Waals surface area contributed by atoms with Crippen LogP contribution in [0.2, 0.25) is 0 Å². The summed E-state index contributed by atoms with van der Waals surface area (Å²) in [6.45, 7) is 0.519. The Morgan fingerprint density at radius 2 is 2.00 bits per heavy atom. The number of rotatable bonds is 4. The van der Waals surface area contributed by atoms with Crippen molar-refractivity contribution in [1.29, 1.82) is 0 Å². The summed E-state index contributed by atoms with van der Waals surface area (Å²) in [4.78, 5) is 12.0. The first kappa shape index (κ1) is 16.3. The van der Waals surface area contributed by atoms with E-state index in [-0.39, 0.29) is 5.56 Å². The average molecular weight is 364 g/mol. The molecule has 2 rings (SSSR count). The first-order chi connectivity index (χ1) is 9.91. The molecule has 2 unspecified atom stereocenters. The van der Waals surface area contributed by atoms with Crippen LogP contribution in [-0.4, -0.2) is 17.8 Å². The molecule has 1 aliphatic carbocycles. The van der Waals surface area contributed by atoms with Gasteiger partial charge in [0, 0.05) is 17.4 Å². The summed E-state index contributed by atoms with van der Waals surface area (Å²) < 4.78 is 37.9. The molecule has 1 aromatic rings. The molecule has 2 atom stereocenters. The van der Waals surface area contributed by atoms with Crippen LogP contribution in [0.25, 0.3) is 0 Å². The van der Waals surface area contributed by atoms with Crippen LogP contribution in [0.5, 0.6) is 0 Å². The van der Waals surface area contributed by atoms with Crippen LogP contribution < -0.4 is 5.32 Å². The number of hydrogen-bond donors (Lipinski definition) is 1. The largest absolute Gasteiger partial charge is 0.416 e. The fourth-order valence-corrected chi connectivity index (χ4v) is 3.60. The molecule has 1 saturated carbocycles. The summed E-state index contributed by atoms with van der Waals surface area (Å²) >= 11 is 3.46. The third-order valence-electron chi connectivity index (χ3n) is 3.99. The van der Waals surface area contributed by atoms with Crippen molar-refractivity contribution in [3.63, 3.8) is 0 Å². The number of halogens is 4.